The SMILES string of the molecule is CNC1CC1.Cc1noc(C)c1-c1cc(S)c2cccnc2c1. The number of thiol groups is 1. The standard InChI is InChI=1S/C14H12N2OS.C4H9N/c1-8-14(9(2)17-16-8)10-6-12-11(13(18)7-10)4-3-5-15-12;1-5-4-2-3-4/h3-7,18H,1-2H3;4-5H,2-3H2,1H3. The van der Waals surface area contributed by atoms with Gasteiger partial charge in [0.1, 0.15) is 5.76 Å². The predicted molar refractivity (Wildman–Crippen MR) is 96.0 cm³/mol. The topological polar surface area (TPSA) is 51.0 Å². The molecule has 4 rings (SSSR count). The molecule has 1 fully saturated rings. The van der Waals surface area contributed by atoms with Crippen LogP contribution in [0.5, 0.6) is 0 Å². The van der Waals surface area contributed by atoms with Crippen molar-refractivity contribution in [1.29, 1.82) is 0 Å². The minimum absolute atomic E-state index is 0.815. The van der Waals surface area contributed by atoms with Gasteiger partial charge in [-0.3, -0.25) is 4.98 Å². The molecule has 2 heterocycles. The molecular weight excluding hydrogens is 306 g/mol. The minimum Gasteiger partial charge on any atom is -0.361 e. The van der Waals surface area contributed by atoms with Gasteiger partial charge in [-0.15, -0.1) is 12.6 Å². The molecule has 0 spiro atoms. The van der Waals surface area contributed by atoms with Crippen LogP contribution in [0.2, 0.25) is 0 Å². The molecule has 0 saturated heterocycles. The van der Waals surface area contributed by atoms with Crippen LogP contribution in [-0.4, -0.2) is 23.2 Å². The van der Waals surface area contributed by atoms with E-state index in [1.54, 1.807) is 6.20 Å². The van der Waals surface area contributed by atoms with Crippen LogP contribution in [-0.2, 0) is 0 Å². The van der Waals surface area contributed by atoms with E-state index in [1.807, 2.05) is 45.2 Å². The third-order valence-electron chi connectivity index (χ3n) is 4.01. The number of hydrogen-bond acceptors (Lipinski definition) is 5. The van der Waals surface area contributed by atoms with E-state index in [2.05, 4.69) is 28.1 Å². The summed E-state index contributed by atoms with van der Waals surface area (Å²) in [4.78, 5) is 5.28. The van der Waals surface area contributed by atoms with Crippen LogP contribution in [0.15, 0.2) is 39.9 Å². The fourth-order valence-electron chi connectivity index (χ4n) is 2.57. The van der Waals surface area contributed by atoms with Gasteiger partial charge < -0.3 is 9.84 Å². The van der Waals surface area contributed by atoms with Gasteiger partial charge in [0.25, 0.3) is 0 Å². The van der Waals surface area contributed by atoms with E-state index < -0.39 is 0 Å². The lowest BCUT2D eigenvalue weighted by Gasteiger charge is -2.05. The van der Waals surface area contributed by atoms with E-state index >= 15 is 0 Å². The highest BCUT2D eigenvalue weighted by Gasteiger charge is 2.17. The summed E-state index contributed by atoms with van der Waals surface area (Å²) in [5.41, 5.74) is 3.89. The van der Waals surface area contributed by atoms with Crippen molar-refractivity contribution in [3.63, 3.8) is 0 Å². The summed E-state index contributed by atoms with van der Waals surface area (Å²) < 4.78 is 5.21. The van der Waals surface area contributed by atoms with Crippen molar-refractivity contribution in [2.24, 2.45) is 0 Å². The molecule has 0 bridgehead atoms. The van der Waals surface area contributed by atoms with E-state index in [0.717, 1.165) is 44.4 Å². The molecule has 1 aliphatic carbocycles. The van der Waals surface area contributed by atoms with Crippen molar-refractivity contribution in [2.75, 3.05) is 7.05 Å². The number of rotatable bonds is 2. The van der Waals surface area contributed by atoms with Gasteiger partial charge in [0.2, 0.25) is 0 Å². The summed E-state index contributed by atoms with van der Waals surface area (Å²) in [5, 5.41) is 8.17. The zero-order chi connectivity index (χ0) is 16.4. The number of aryl methyl sites for hydroxylation is 2. The second-order valence-electron chi connectivity index (χ2n) is 5.83. The molecule has 0 aliphatic heterocycles. The zero-order valence-electron chi connectivity index (χ0n) is 13.6. The molecule has 0 radical (unpaired) electrons. The Labute approximate surface area is 141 Å². The fraction of sp³-hybridized carbons (Fsp3) is 0.333. The lowest BCUT2D eigenvalue weighted by Crippen LogP contribution is -2.06. The monoisotopic (exact) mass is 327 g/mol. The fourth-order valence-corrected chi connectivity index (χ4v) is 2.90. The van der Waals surface area contributed by atoms with E-state index in [9.17, 15) is 0 Å². The van der Waals surface area contributed by atoms with Gasteiger partial charge in [-0.05, 0) is 57.5 Å². The summed E-state index contributed by atoms with van der Waals surface area (Å²) >= 11 is 4.53. The van der Waals surface area contributed by atoms with Gasteiger partial charge in [0.15, 0.2) is 0 Å². The Morgan fingerprint density at radius 2 is 2.04 bits per heavy atom. The zero-order valence-corrected chi connectivity index (χ0v) is 14.5. The maximum Gasteiger partial charge on any atom is 0.141 e. The summed E-state index contributed by atoms with van der Waals surface area (Å²) in [5.74, 6) is 0.815. The Balaban J connectivity index is 0.000000267. The van der Waals surface area contributed by atoms with Crippen molar-refractivity contribution in [3.05, 3.63) is 41.9 Å². The molecule has 1 aliphatic rings. The highest BCUT2D eigenvalue weighted by atomic mass is 32.1. The third kappa shape index (κ3) is 3.57. The third-order valence-corrected chi connectivity index (χ3v) is 4.38. The Kier molecular flexibility index (Phi) is 4.68. The Morgan fingerprint density at radius 1 is 1.26 bits per heavy atom. The molecule has 120 valence electrons. The second-order valence-corrected chi connectivity index (χ2v) is 6.31. The predicted octanol–water partition coefficient (Wildman–Crippen LogP) is 4.16. The number of nitrogens with zero attached hydrogens (tertiary/aromatic N) is 2. The van der Waals surface area contributed by atoms with Gasteiger partial charge in [-0.1, -0.05) is 11.2 Å². The number of nitrogens with one attached hydrogen (secondary N) is 1. The lowest BCUT2D eigenvalue weighted by molar-refractivity contribution is 0.393. The molecule has 23 heavy (non-hydrogen) atoms. The Bertz CT molecular complexity index is 805. The van der Waals surface area contributed by atoms with Crippen LogP contribution < -0.4 is 5.32 Å². The molecule has 3 aromatic rings. The maximum absolute atomic E-state index is 5.21. The van der Waals surface area contributed by atoms with Crippen molar-refractivity contribution < 1.29 is 4.52 Å². The van der Waals surface area contributed by atoms with E-state index in [-0.39, 0.29) is 0 Å². The maximum atomic E-state index is 5.21. The number of hydrogen-bond donors (Lipinski definition) is 2. The van der Waals surface area contributed by atoms with Gasteiger partial charge in [0.05, 0.1) is 11.2 Å². The molecule has 1 aromatic carbocycles. The van der Waals surface area contributed by atoms with Crippen LogP contribution in [0.25, 0.3) is 22.0 Å². The molecule has 1 N–H and O–H groups in total. The minimum atomic E-state index is 0.815. The van der Waals surface area contributed by atoms with E-state index in [1.165, 1.54) is 12.8 Å². The normalized spacial score (nSPS) is 13.7. The highest BCUT2D eigenvalue weighted by molar-refractivity contribution is 7.80. The smallest absolute Gasteiger partial charge is 0.141 e. The molecule has 2 aromatic heterocycles. The highest BCUT2D eigenvalue weighted by Crippen LogP contribution is 2.32. The van der Waals surface area contributed by atoms with Gasteiger partial charge in [-0.25, -0.2) is 0 Å². The molecule has 0 atom stereocenters. The van der Waals surface area contributed by atoms with Crippen molar-refractivity contribution in [2.45, 2.75) is 37.6 Å². The molecule has 5 heteroatoms. The van der Waals surface area contributed by atoms with Crippen molar-refractivity contribution in [3.8, 4) is 11.1 Å². The molecule has 4 nitrogen and oxygen atoms in total. The largest absolute Gasteiger partial charge is 0.361 e. The Hall–Kier alpha value is -1.85. The average molecular weight is 327 g/mol. The van der Waals surface area contributed by atoms with Crippen LogP contribution >= 0.6 is 12.6 Å². The number of benzene rings is 1. The van der Waals surface area contributed by atoms with Crippen molar-refractivity contribution >= 4 is 23.5 Å². The Morgan fingerprint density at radius 3 is 2.61 bits per heavy atom. The average Bonchev–Trinajstić information content (AvgIpc) is 3.33. The van der Waals surface area contributed by atoms with Gasteiger partial charge in [0, 0.05) is 28.1 Å². The quantitative estimate of drug-likeness (QED) is 0.694. The summed E-state index contributed by atoms with van der Waals surface area (Å²) in [7, 11) is 2.01. The first kappa shape index (κ1) is 16.0. The molecule has 0 amide bonds. The number of aromatic nitrogens is 2. The van der Waals surface area contributed by atoms with E-state index in [4.69, 9.17) is 4.52 Å². The second kappa shape index (κ2) is 6.72. The first-order valence-electron chi connectivity index (χ1n) is 7.78. The van der Waals surface area contributed by atoms with Gasteiger partial charge >= 0.3 is 0 Å². The summed E-state index contributed by atoms with van der Waals surface area (Å²) in [6.07, 6.45) is 4.58. The first-order chi connectivity index (χ1) is 11.1. The first-order valence-corrected chi connectivity index (χ1v) is 8.23. The van der Waals surface area contributed by atoms with Crippen LogP contribution in [0.3, 0.4) is 0 Å². The summed E-state index contributed by atoms with van der Waals surface area (Å²) in [6.45, 7) is 3.85. The summed E-state index contributed by atoms with van der Waals surface area (Å²) in [6, 6.07) is 8.88. The number of pyridine rings is 1. The molecular formula is C18H21N3OS. The van der Waals surface area contributed by atoms with E-state index in [0.29, 0.717) is 0 Å². The molecule has 1 saturated carbocycles. The van der Waals surface area contributed by atoms with Crippen LogP contribution in [0, 0.1) is 13.8 Å². The number of fused-ring (bicyclic) bond motifs is 1. The van der Waals surface area contributed by atoms with Gasteiger partial charge in [-0.2, -0.15) is 0 Å². The van der Waals surface area contributed by atoms with Crippen molar-refractivity contribution in [1.82, 2.24) is 15.5 Å². The lowest BCUT2D eigenvalue weighted by atomic mass is 10.0. The van der Waals surface area contributed by atoms with Crippen LogP contribution in [0.4, 0.5) is 0 Å². The van der Waals surface area contributed by atoms with Crippen LogP contribution in [0.1, 0.15) is 24.3 Å². The molecule has 0 unspecified atom stereocenters.